The highest BCUT2D eigenvalue weighted by Gasteiger charge is 2.25. The molecule has 1 unspecified atom stereocenters. The van der Waals surface area contributed by atoms with Crippen LogP contribution in [0.25, 0.3) is 0 Å². The zero-order valence-corrected chi connectivity index (χ0v) is 13.1. The van der Waals surface area contributed by atoms with E-state index in [2.05, 4.69) is 37.9 Å². The zero-order chi connectivity index (χ0) is 14.3. The average Bonchev–Trinajstić information content (AvgIpc) is 2.39. The molecule has 19 heavy (non-hydrogen) atoms. The van der Waals surface area contributed by atoms with Gasteiger partial charge in [-0.1, -0.05) is 20.3 Å². The van der Waals surface area contributed by atoms with E-state index in [0.717, 1.165) is 26.2 Å². The number of likely N-dealkylation sites (tertiary alicyclic amines) is 1. The van der Waals surface area contributed by atoms with Gasteiger partial charge in [0.15, 0.2) is 0 Å². The van der Waals surface area contributed by atoms with Gasteiger partial charge in [-0.25, -0.2) is 0 Å². The molecular formula is C15H31N3O. The van der Waals surface area contributed by atoms with Crippen LogP contribution in [0.5, 0.6) is 0 Å². The number of nitrogens with one attached hydrogen (secondary N) is 1. The summed E-state index contributed by atoms with van der Waals surface area (Å²) in [5, 5.41) is 3.51. The van der Waals surface area contributed by atoms with Crippen molar-refractivity contribution in [2.24, 2.45) is 0 Å². The number of nitrogens with zero attached hydrogens (tertiary/aromatic N) is 2. The van der Waals surface area contributed by atoms with E-state index < -0.39 is 0 Å². The second-order valence-corrected chi connectivity index (χ2v) is 5.75. The second kappa shape index (κ2) is 8.54. The molecule has 112 valence electrons. The predicted molar refractivity (Wildman–Crippen MR) is 80.3 cm³/mol. The van der Waals surface area contributed by atoms with E-state index in [4.69, 9.17) is 0 Å². The average molecular weight is 269 g/mol. The molecule has 1 N–H and O–H groups in total. The summed E-state index contributed by atoms with van der Waals surface area (Å²) in [4.78, 5) is 16.5. The summed E-state index contributed by atoms with van der Waals surface area (Å²) >= 11 is 0. The quantitative estimate of drug-likeness (QED) is 0.764. The Bertz CT molecular complexity index is 264. The Morgan fingerprint density at radius 3 is 2.58 bits per heavy atom. The Labute approximate surface area is 118 Å². The molecule has 0 aromatic carbocycles. The van der Waals surface area contributed by atoms with Gasteiger partial charge < -0.3 is 10.2 Å². The summed E-state index contributed by atoms with van der Waals surface area (Å²) in [5.74, 6) is 0.279. The van der Waals surface area contributed by atoms with Gasteiger partial charge in [0.05, 0.1) is 6.54 Å². The molecule has 1 rings (SSSR count). The SMILES string of the molecule is CCN(CC)C(=O)CN1CCCCC1CNC(C)C. The van der Waals surface area contributed by atoms with E-state index in [-0.39, 0.29) is 5.91 Å². The summed E-state index contributed by atoms with van der Waals surface area (Å²) in [6.07, 6.45) is 3.73. The largest absolute Gasteiger partial charge is 0.342 e. The highest BCUT2D eigenvalue weighted by Crippen LogP contribution is 2.16. The lowest BCUT2D eigenvalue weighted by atomic mass is 10.0. The van der Waals surface area contributed by atoms with Gasteiger partial charge >= 0.3 is 0 Å². The first-order valence-corrected chi connectivity index (χ1v) is 7.83. The van der Waals surface area contributed by atoms with Crippen molar-refractivity contribution < 1.29 is 4.79 Å². The van der Waals surface area contributed by atoms with Gasteiger partial charge in [-0.2, -0.15) is 0 Å². The summed E-state index contributed by atoms with van der Waals surface area (Å²) < 4.78 is 0. The maximum Gasteiger partial charge on any atom is 0.236 e. The fraction of sp³-hybridized carbons (Fsp3) is 0.933. The van der Waals surface area contributed by atoms with Crippen LogP contribution in [0.2, 0.25) is 0 Å². The number of rotatable bonds is 7. The van der Waals surface area contributed by atoms with Crippen LogP contribution in [-0.4, -0.2) is 60.5 Å². The monoisotopic (exact) mass is 269 g/mol. The molecule has 1 amide bonds. The molecular weight excluding hydrogens is 238 g/mol. The second-order valence-electron chi connectivity index (χ2n) is 5.75. The fourth-order valence-corrected chi connectivity index (χ4v) is 2.72. The summed E-state index contributed by atoms with van der Waals surface area (Å²) in [6.45, 7) is 12.7. The van der Waals surface area contributed by atoms with Crippen LogP contribution >= 0.6 is 0 Å². The Morgan fingerprint density at radius 2 is 2.00 bits per heavy atom. The first-order chi connectivity index (χ1) is 9.08. The Morgan fingerprint density at radius 1 is 1.32 bits per heavy atom. The minimum atomic E-state index is 0.279. The van der Waals surface area contributed by atoms with Crippen LogP contribution in [-0.2, 0) is 4.79 Å². The predicted octanol–water partition coefficient (Wildman–Crippen LogP) is 1.71. The molecule has 4 nitrogen and oxygen atoms in total. The van der Waals surface area contributed by atoms with Gasteiger partial charge in [-0.3, -0.25) is 9.69 Å². The topological polar surface area (TPSA) is 35.6 Å². The molecule has 1 fully saturated rings. The van der Waals surface area contributed by atoms with Gasteiger partial charge in [0.1, 0.15) is 0 Å². The smallest absolute Gasteiger partial charge is 0.236 e. The fourth-order valence-electron chi connectivity index (χ4n) is 2.72. The summed E-state index contributed by atoms with van der Waals surface area (Å²) in [7, 11) is 0. The van der Waals surface area contributed by atoms with E-state index in [1.54, 1.807) is 0 Å². The van der Waals surface area contributed by atoms with Crippen LogP contribution < -0.4 is 5.32 Å². The van der Waals surface area contributed by atoms with Crippen molar-refractivity contribution in [1.82, 2.24) is 15.1 Å². The first kappa shape index (κ1) is 16.4. The van der Waals surface area contributed by atoms with E-state index >= 15 is 0 Å². The minimum Gasteiger partial charge on any atom is -0.342 e. The summed E-state index contributed by atoms with van der Waals surface area (Å²) in [5.41, 5.74) is 0. The van der Waals surface area contributed by atoms with Crippen molar-refractivity contribution in [3.05, 3.63) is 0 Å². The highest BCUT2D eigenvalue weighted by molar-refractivity contribution is 5.78. The number of carbonyl (C=O) groups is 1. The van der Waals surface area contributed by atoms with Gasteiger partial charge in [-0.05, 0) is 33.2 Å². The molecule has 4 heteroatoms. The molecule has 0 aliphatic carbocycles. The Balaban J connectivity index is 2.49. The van der Waals surface area contributed by atoms with Crippen molar-refractivity contribution in [3.8, 4) is 0 Å². The number of piperidine rings is 1. The lowest BCUT2D eigenvalue weighted by Gasteiger charge is -2.36. The lowest BCUT2D eigenvalue weighted by Crippen LogP contribution is -2.50. The van der Waals surface area contributed by atoms with Crippen molar-refractivity contribution in [2.45, 2.75) is 59.0 Å². The van der Waals surface area contributed by atoms with Gasteiger partial charge in [0, 0.05) is 31.7 Å². The van der Waals surface area contributed by atoms with Crippen molar-refractivity contribution >= 4 is 5.91 Å². The number of hydrogen-bond donors (Lipinski definition) is 1. The maximum absolute atomic E-state index is 12.2. The molecule has 1 atom stereocenters. The highest BCUT2D eigenvalue weighted by atomic mass is 16.2. The first-order valence-electron chi connectivity index (χ1n) is 7.83. The van der Waals surface area contributed by atoms with E-state index in [1.165, 1.54) is 19.3 Å². The van der Waals surface area contributed by atoms with Crippen molar-refractivity contribution in [1.29, 1.82) is 0 Å². The lowest BCUT2D eigenvalue weighted by molar-refractivity contribution is -0.133. The molecule has 0 aromatic heterocycles. The van der Waals surface area contributed by atoms with Gasteiger partial charge in [0.25, 0.3) is 0 Å². The van der Waals surface area contributed by atoms with Crippen LogP contribution in [0.4, 0.5) is 0 Å². The molecule has 0 aromatic rings. The maximum atomic E-state index is 12.2. The van der Waals surface area contributed by atoms with E-state index in [0.29, 0.717) is 18.6 Å². The Hall–Kier alpha value is -0.610. The van der Waals surface area contributed by atoms with Gasteiger partial charge in [0.2, 0.25) is 5.91 Å². The molecule has 1 aliphatic rings. The number of amides is 1. The summed E-state index contributed by atoms with van der Waals surface area (Å²) in [6, 6.07) is 1.04. The molecule has 1 saturated heterocycles. The van der Waals surface area contributed by atoms with E-state index in [1.807, 2.05) is 4.90 Å². The normalized spacial score (nSPS) is 20.8. The standard InChI is InChI=1S/C15H31N3O/c1-5-17(6-2)15(19)12-18-10-8-7-9-14(18)11-16-13(3)4/h13-14,16H,5-12H2,1-4H3. The molecule has 0 radical (unpaired) electrons. The third-order valence-corrected chi connectivity index (χ3v) is 3.97. The molecule has 1 aliphatic heterocycles. The van der Waals surface area contributed by atoms with Crippen molar-refractivity contribution in [2.75, 3.05) is 32.7 Å². The molecule has 1 heterocycles. The van der Waals surface area contributed by atoms with Crippen LogP contribution in [0.1, 0.15) is 47.0 Å². The minimum absolute atomic E-state index is 0.279. The van der Waals surface area contributed by atoms with Crippen LogP contribution in [0.15, 0.2) is 0 Å². The zero-order valence-electron chi connectivity index (χ0n) is 13.1. The van der Waals surface area contributed by atoms with Crippen LogP contribution in [0, 0.1) is 0 Å². The third kappa shape index (κ3) is 5.49. The molecule has 0 bridgehead atoms. The third-order valence-electron chi connectivity index (χ3n) is 3.97. The molecule has 0 saturated carbocycles. The number of carbonyl (C=O) groups excluding carboxylic acids is 1. The van der Waals surface area contributed by atoms with Gasteiger partial charge in [-0.15, -0.1) is 0 Å². The van der Waals surface area contributed by atoms with Crippen molar-refractivity contribution in [3.63, 3.8) is 0 Å². The number of hydrogen-bond acceptors (Lipinski definition) is 3. The molecule has 0 spiro atoms. The number of likely N-dealkylation sites (N-methyl/N-ethyl adjacent to an activating group) is 1. The Kier molecular flexibility index (Phi) is 7.39. The van der Waals surface area contributed by atoms with E-state index in [9.17, 15) is 4.79 Å². The van der Waals surface area contributed by atoms with Crippen LogP contribution in [0.3, 0.4) is 0 Å².